The van der Waals surface area contributed by atoms with Gasteiger partial charge in [-0.05, 0) is 19.9 Å². The molecule has 138 valence electrons. The van der Waals surface area contributed by atoms with Crippen LogP contribution >= 0.6 is 0 Å². The minimum Gasteiger partial charge on any atom is -0.298 e. The number of hydrogen-bond donors (Lipinski definition) is 3. The van der Waals surface area contributed by atoms with E-state index in [0.717, 1.165) is 6.08 Å². The quantitative estimate of drug-likeness (QED) is 0.410. The van der Waals surface area contributed by atoms with E-state index in [1.807, 2.05) is 0 Å². The molecule has 0 spiro atoms. The van der Waals surface area contributed by atoms with Crippen molar-refractivity contribution in [3.05, 3.63) is 27.2 Å². The van der Waals surface area contributed by atoms with Gasteiger partial charge in [0.2, 0.25) is 0 Å². The largest absolute Gasteiger partial charge is 0.298 e. The second-order valence-corrected chi connectivity index (χ2v) is 8.10. The van der Waals surface area contributed by atoms with E-state index in [9.17, 15) is 26.4 Å². The molecule has 0 atom stereocenters. The molecule has 0 aromatic carbocycles. The van der Waals surface area contributed by atoms with Crippen LogP contribution in [-0.2, 0) is 30.9 Å². The lowest BCUT2D eigenvalue weighted by atomic mass is 10.1. The average molecular weight is 394 g/mol. The van der Waals surface area contributed by atoms with E-state index in [1.165, 1.54) is 13.8 Å². The number of carbonyl (C=O) groups excluding carboxylic acids is 1. The third-order valence-corrected chi connectivity index (χ3v) is 4.33. The van der Waals surface area contributed by atoms with Crippen molar-refractivity contribution in [1.82, 2.24) is 14.8 Å². The summed E-state index contributed by atoms with van der Waals surface area (Å²) in [6, 6.07) is 0. The number of hydrazone groups is 1. The Balaban J connectivity index is 2.44. The number of aryl methyl sites for hydroxylation is 1. The van der Waals surface area contributed by atoms with Gasteiger partial charge in [0, 0.05) is 5.69 Å². The second-order valence-electron chi connectivity index (χ2n) is 5.25. The predicted octanol–water partition coefficient (Wildman–Crippen LogP) is -1.22. The zero-order chi connectivity index (χ0) is 19.2. The van der Waals surface area contributed by atoms with Crippen molar-refractivity contribution in [1.29, 1.82) is 0 Å². The lowest BCUT2D eigenvalue weighted by Crippen LogP contribution is -2.28. The number of carbonyl (C=O) groups is 1. The third kappa shape index (κ3) is 4.41. The van der Waals surface area contributed by atoms with E-state index in [-0.39, 0.29) is 22.5 Å². The van der Waals surface area contributed by atoms with Crippen LogP contribution in [0.3, 0.4) is 0 Å². The molecule has 0 aliphatic carbocycles. The number of hydrogen-bond acceptors (Lipinski definition) is 7. The van der Waals surface area contributed by atoms with Gasteiger partial charge in [0.1, 0.15) is 0 Å². The minimum absolute atomic E-state index is 0.0599. The van der Waals surface area contributed by atoms with Gasteiger partial charge in [-0.25, -0.2) is 9.69 Å². The van der Waals surface area contributed by atoms with Crippen molar-refractivity contribution in [3.63, 3.8) is 0 Å². The van der Waals surface area contributed by atoms with Gasteiger partial charge in [0.15, 0.2) is 11.8 Å². The van der Waals surface area contributed by atoms with Gasteiger partial charge >= 0.3 is 0 Å². The SMILES string of the molecule is CC1=NN(CS(=O)(=O)O)C(=O)C1=Cc1c(C)[nH]n(CS(=O)(=O)O)c1=O. The Morgan fingerprint density at radius 2 is 1.64 bits per heavy atom. The first kappa shape index (κ1) is 19.0. The Labute approximate surface area is 141 Å². The Hall–Kier alpha value is -2.29. The normalized spacial score (nSPS) is 17.4. The first-order valence-electron chi connectivity index (χ1n) is 6.57. The first-order valence-corrected chi connectivity index (χ1v) is 9.79. The average Bonchev–Trinajstić information content (AvgIpc) is 2.80. The molecule has 14 heteroatoms. The highest BCUT2D eigenvalue weighted by molar-refractivity contribution is 7.85. The number of amides is 1. The molecule has 0 saturated heterocycles. The Bertz CT molecular complexity index is 1060. The van der Waals surface area contributed by atoms with Gasteiger partial charge in [-0.2, -0.15) is 21.9 Å². The number of aromatic nitrogens is 2. The summed E-state index contributed by atoms with van der Waals surface area (Å²) in [6.45, 7) is 2.84. The van der Waals surface area contributed by atoms with Crippen molar-refractivity contribution < 1.29 is 30.7 Å². The van der Waals surface area contributed by atoms with E-state index in [0.29, 0.717) is 9.69 Å². The fourth-order valence-electron chi connectivity index (χ4n) is 2.17. The van der Waals surface area contributed by atoms with Gasteiger partial charge in [0.25, 0.3) is 31.7 Å². The number of nitrogens with zero attached hydrogens (tertiary/aromatic N) is 3. The van der Waals surface area contributed by atoms with Gasteiger partial charge in [-0.1, -0.05) is 0 Å². The maximum Gasteiger partial charge on any atom is 0.285 e. The van der Waals surface area contributed by atoms with Crippen LogP contribution in [0.4, 0.5) is 0 Å². The Kier molecular flexibility index (Phi) is 4.73. The lowest BCUT2D eigenvalue weighted by molar-refractivity contribution is -0.124. The Morgan fingerprint density at radius 1 is 1.08 bits per heavy atom. The molecule has 1 aromatic rings. The van der Waals surface area contributed by atoms with Crippen LogP contribution < -0.4 is 5.56 Å². The highest BCUT2D eigenvalue weighted by Crippen LogP contribution is 2.18. The maximum atomic E-state index is 12.2. The minimum atomic E-state index is -4.49. The first-order chi connectivity index (χ1) is 11.3. The summed E-state index contributed by atoms with van der Waals surface area (Å²) < 4.78 is 61.8. The highest BCUT2D eigenvalue weighted by Gasteiger charge is 2.31. The van der Waals surface area contributed by atoms with Gasteiger partial charge in [0.05, 0.1) is 16.8 Å². The molecule has 2 heterocycles. The van der Waals surface area contributed by atoms with Crippen molar-refractivity contribution in [3.8, 4) is 0 Å². The van der Waals surface area contributed by atoms with E-state index in [1.54, 1.807) is 0 Å². The van der Waals surface area contributed by atoms with Crippen LogP contribution in [0.15, 0.2) is 15.5 Å². The van der Waals surface area contributed by atoms with E-state index < -0.39 is 43.5 Å². The summed E-state index contributed by atoms with van der Waals surface area (Å²) in [4.78, 5) is 24.4. The maximum absolute atomic E-state index is 12.2. The molecule has 0 radical (unpaired) electrons. The zero-order valence-corrected chi connectivity index (χ0v) is 14.6. The zero-order valence-electron chi connectivity index (χ0n) is 13.0. The summed E-state index contributed by atoms with van der Waals surface area (Å²) in [5.41, 5.74) is -0.640. The van der Waals surface area contributed by atoms with Gasteiger partial charge < -0.3 is 0 Å². The van der Waals surface area contributed by atoms with Crippen molar-refractivity contribution in [2.75, 3.05) is 5.88 Å². The monoisotopic (exact) mass is 394 g/mol. The fraction of sp³-hybridized carbons (Fsp3) is 0.364. The third-order valence-electron chi connectivity index (χ3n) is 3.17. The molecule has 25 heavy (non-hydrogen) atoms. The summed E-state index contributed by atoms with van der Waals surface area (Å²) >= 11 is 0. The summed E-state index contributed by atoms with van der Waals surface area (Å²) in [5.74, 6) is -2.89. The summed E-state index contributed by atoms with van der Waals surface area (Å²) in [7, 11) is -8.95. The summed E-state index contributed by atoms with van der Waals surface area (Å²) in [5, 5.41) is 6.66. The number of rotatable bonds is 5. The molecule has 0 unspecified atom stereocenters. The molecule has 1 aliphatic heterocycles. The van der Waals surface area contributed by atoms with Crippen molar-refractivity contribution >= 4 is 37.9 Å². The molecule has 3 N–H and O–H groups in total. The topological polar surface area (TPSA) is 179 Å². The van der Waals surface area contributed by atoms with Crippen LogP contribution in [0.25, 0.3) is 6.08 Å². The standard InChI is InChI=1S/C11H14N4O8S2/c1-6-8(10(16)14(12-6)4-24(18,19)20)3-9-7(2)13-15(11(9)17)5-25(21,22)23/h3,12H,4-5H2,1-2H3,(H,18,19,20)(H,21,22,23). The van der Waals surface area contributed by atoms with Crippen LogP contribution in [-0.4, -0.2) is 58.2 Å². The van der Waals surface area contributed by atoms with E-state index in [2.05, 4.69) is 10.2 Å². The smallest absolute Gasteiger partial charge is 0.285 e. The van der Waals surface area contributed by atoms with Crippen molar-refractivity contribution in [2.24, 2.45) is 5.10 Å². The fourth-order valence-corrected chi connectivity index (χ4v) is 3.16. The molecule has 12 nitrogen and oxygen atoms in total. The lowest BCUT2D eigenvalue weighted by Gasteiger charge is -2.08. The molecule has 1 aliphatic rings. The van der Waals surface area contributed by atoms with Crippen molar-refractivity contribution in [2.45, 2.75) is 19.7 Å². The molecule has 1 aromatic heterocycles. The molecule has 0 fully saturated rings. The van der Waals surface area contributed by atoms with E-state index >= 15 is 0 Å². The van der Waals surface area contributed by atoms with Crippen LogP contribution in [0.5, 0.6) is 0 Å². The highest BCUT2D eigenvalue weighted by atomic mass is 32.2. The second kappa shape index (κ2) is 6.21. The van der Waals surface area contributed by atoms with Gasteiger partial charge in [-0.15, -0.1) is 0 Å². The molecule has 0 bridgehead atoms. The van der Waals surface area contributed by atoms with Crippen LogP contribution in [0, 0.1) is 6.92 Å². The van der Waals surface area contributed by atoms with Crippen LogP contribution in [0.2, 0.25) is 0 Å². The van der Waals surface area contributed by atoms with Gasteiger partial charge in [-0.3, -0.25) is 23.8 Å². The predicted molar refractivity (Wildman–Crippen MR) is 85.7 cm³/mol. The van der Waals surface area contributed by atoms with E-state index in [4.69, 9.17) is 9.11 Å². The Morgan fingerprint density at radius 3 is 2.16 bits per heavy atom. The van der Waals surface area contributed by atoms with Crippen LogP contribution in [0.1, 0.15) is 18.2 Å². The summed E-state index contributed by atoms with van der Waals surface area (Å²) in [6.07, 6.45) is 1.12. The number of H-pyrrole nitrogens is 1. The molecule has 2 rings (SSSR count). The molecule has 0 saturated carbocycles. The number of aromatic amines is 1. The molecular formula is C11H14N4O8S2. The molecule has 1 amide bonds. The molecular weight excluding hydrogens is 380 g/mol. The number of nitrogens with one attached hydrogen (secondary N) is 1.